The number of anilines is 1. The lowest BCUT2D eigenvalue weighted by molar-refractivity contribution is -0.0735. The Labute approximate surface area is 172 Å². The normalized spacial score (nSPS) is 17.9. The number of pyridine rings is 1. The number of rotatable bonds is 3. The van der Waals surface area contributed by atoms with Gasteiger partial charge in [0.25, 0.3) is 0 Å². The third-order valence-electron chi connectivity index (χ3n) is 5.72. The zero-order valence-electron chi connectivity index (χ0n) is 15.9. The molecule has 0 saturated carbocycles. The smallest absolute Gasteiger partial charge is 0.250 e. The van der Waals surface area contributed by atoms with E-state index in [9.17, 15) is 4.79 Å². The standard InChI is InChI=1S/C21H21N5O2S/c22-20(27)15-1-2-18(25-12-15)26-8-4-21(5-9-26)19-14(3-10-28-21)11-17(29-19)16-13-23-6-7-24-16/h1-2,6-7,11-13H,3-5,8-10H2,(H2,22,27). The molecule has 3 aromatic rings. The Morgan fingerprint density at radius 3 is 2.72 bits per heavy atom. The summed E-state index contributed by atoms with van der Waals surface area (Å²) in [4.78, 5) is 29.1. The Hall–Kier alpha value is -2.84. The van der Waals surface area contributed by atoms with Gasteiger partial charge in [-0.25, -0.2) is 4.98 Å². The first-order valence-corrected chi connectivity index (χ1v) is 10.5. The quantitative estimate of drug-likeness (QED) is 0.717. The molecule has 3 aromatic heterocycles. The molecule has 5 heterocycles. The van der Waals surface area contributed by atoms with Crippen molar-refractivity contribution < 1.29 is 9.53 Å². The molecule has 2 aliphatic heterocycles. The molecule has 0 aromatic carbocycles. The van der Waals surface area contributed by atoms with Crippen LogP contribution in [-0.4, -0.2) is 40.6 Å². The van der Waals surface area contributed by atoms with Crippen LogP contribution in [0.15, 0.2) is 43.0 Å². The first-order valence-electron chi connectivity index (χ1n) is 9.69. The van der Waals surface area contributed by atoms with Crippen LogP contribution in [0.3, 0.4) is 0 Å². The van der Waals surface area contributed by atoms with Gasteiger partial charge in [0.1, 0.15) is 11.4 Å². The summed E-state index contributed by atoms with van der Waals surface area (Å²) in [5.41, 5.74) is 7.79. The minimum atomic E-state index is -0.457. The summed E-state index contributed by atoms with van der Waals surface area (Å²) in [5, 5.41) is 0. The van der Waals surface area contributed by atoms with Gasteiger partial charge >= 0.3 is 0 Å². The van der Waals surface area contributed by atoms with Crippen LogP contribution in [0.2, 0.25) is 0 Å². The number of piperidine rings is 1. The molecule has 148 valence electrons. The highest BCUT2D eigenvalue weighted by molar-refractivity contribution is 7.15. The zero-order chi connectivity index (χ0) is 19.8. The molecule has 2 aliphatic rings. The fourth-order valence-corrected chi connectivity index (χ4v) is 5.53. The SMILES string of the molecule is NC(=O)c1ccc(N2CCC3(CC2)OCCc2cc(-c4cnccn4)sc23)nc1. The molecule has 2 N–H and O–H groups in total. The van der Waals surface area contributed by atoms with Crippen molar-refractivity contribution in [2.45, 2.75) is 24.9 Å². The van der Waals surface area contributed by atoms with Crippen molar-refractivity contribution in [2.24, 2.45) is 5.73 Å². The highest BCUT2D eigenvalue weighted by Crippen LogP contribution is 2.47. The molecule has 1 spiro atoms. The van der Waals surface area contributed by atoms with Gasteiger partial charge in [-0.15, -0.1) is 11.3 Å². The molecular formula is C21H21N5O2S. The maximum Gasteiger partial charge on any atom is 0.250 e. The average Bonchev–Trinajstić information content (AvgIpc) is 3.21. The topological polar surface area (TPSA) is 94.2 Å². The lowest BCUT2D eigenvalue weighted by Crippen LogP contribution is -2.46. The van der Waals surface area contributed by atoms with Gasteiger partial charge in [-0.3, -0.25) is 14.8 Å². The van der Waals surface area contributed by atoms with E-state index < -0.39 is 5.91 Å². The van der Waals surface area contributed by atoms with Crippen LogP contribution in [0.5, 0.6) is 0 Å². The number of aromatic nitrogens is 3. The summed E-state index contributed by atoms with van der Waals surface area (Å²) in [6.45, 7) is 2.44. The maximum atomic E-state index is 11.3. The van der Waals surface area contributed by atoms with Gasteiger partial charge in [0.15, 0.2) is 0 Å². The highest BCUT2D eigenvalue weighted by Gasteiger charge is 2.42. The maximum absolute atomic E-state index is 11.3. The largest absolute Gasteiger partial charge is 0.369 e. The van der Waals surface area contributed by atoms with E-state index in [0.29, 0.717) is 5.56 Å². The molecule has 1 saturated heterocycles. The summed E-state index contributed by atoms with van der Waals surface area (Å²) >= 11 is 1.78. The van der Waals surface area contributed by atoms with Gasteiger partial charge in [0, 0.05) is 36.6 Å². The molecule has 29 heavy (non-hydrogen) atoms. The number of ether oxygens (including phenoxy) is 1. The summed E-state index contributed by atoms with van der Waals surface area (Å²) in [7, 11) is 0. The van der Waals surface area contributed by atoms with Crippen LogP contribution in [0.4, 0.5) is 5.82 Å². The number of nitrogens with two attached hydrogens (primary N) is 1. The Kier molecular flexibility index (Phi) is 4.52. The number of nitrogens with zero attached hydrogens (tertiary/aromatic N) is 4. The number of fused-ring (bicyclic) bond motifs is 2. The lowest BCUT2D eigenvalue weighted by Gasteiger charge is -2.44. The lowest BCUT2D eigenvalue weighted by atomic mass is 9.85. The number of carbonyl (C=O) groups is 1. The summed E-state index contributed by atoms with van der Waals surface area (Å²) in [5.74, 6) is 0.411. The number of carbonyl (C=O) groups excluding carboxylic acids is 1. The fraction of sp³-hybridized carbons (Fsp3) is 0.333. The first kappa shape index (κ1) is 18.2. The van der Waals surface area contributed by atoms with Crippen molar-refractivity contribution in [2.75, 3.05) is 24.6 Å². The number of thiophene rings is 1. The van der Waals surface area contributed by atoms with Crippen LogP contribution in [0, 0.1) is 0 Å². The molecule has 1 amide bonds. The number of hydrogen-bond donors (Lipinski definition) is 1. The number of hydrogen-bond acceptors (Lipinski definition) is 7. The number of primary amides is 1. The monoisotopic (exact) mass is 407 g/mol. The molecule has 0 aliphatic carbocycles. The molecule has 0 radical (unpaired) electrons. The Bertz CT molecular complexity index is 1030. The second kappa shape index (κ2) is 7.20. The van der Waals surface area contributed by atoms with Crippen molar-refractivity contribution in [3.63, 3.8) is 0 Å². The third kappa shape index (κ3) is 3.28. The predicted molar refractivity (Wildman–Crippen MR) is 111 cm³/mol. The second-order valence-corrected chi connectivity index (χ2v) is 8.46. The minimum Gasteiger partial charge on any atom is -0.369 e. The first-order chi connectivity index (χ1) is 14.1. The van der Waals surface area contributed by atoms with Gasteiger partial charge in [-0.2, -0.15) is 0 Å². The van der Waals surface area contributed by atoms with E-state index in [-0.39, 0.29) is 5.60 Å². The van der Waals surface area contributed by atoms with E-state index >= 15 is 0 Å². The second-order valence-electron chi connectivity index (χ2n) is 7.40. The van der Waals surface area contributed by atoms with Crippen LogP contribution in [0.25, 0.3) is 10.6 Å². The van der Waals surface area contributed by atoms with Crippen molar-refractivity contribution in [1.29, 1.82) is 0 Å². The Balaban J connectivity index is 1.37. The van der Waals surface area contributed by atoms with Crippen LogP contribution in [0.1, 0.15) is 33.6 Å². The van der Waals surface area contributed by atoms with Crippen molar-refractivity contribution in [1.82, 2.24) is 15.0 Å². The average molecular weight is 407 g/mol. The molecule has 1 fully saturated rings. The van der Waals surface area contributed by atoms with Gasteiger partial charge in [0.2, 0.25) is 5.91 Å². The van der Waals surface area contributed by atoms with E-state index in [1.54, 1.807) is 36.0 Å². The molecular weight excluding hydrogens is 386 g/mol. The zero-order valence-corrected chi connectivity index (χ0v) is 16.7. The summed E-state index contributed by atoms with van der Waals surface area (Å²) in [6.07, 6.45) is 9.53. The van der Waals surface area contributed by atoms with Crippen LogP contribution < -0.4 is 10.6 Å². The van der Waals surface area contributed by atoms with Gasteiger partial charge in [0.05, 0.1) is 28.9 Å². The van der Waals surface area contributed by atoms with E-state index in [1.165, 1.54) is 10.4 Å². The Morgan fingerprint density at radius 2 is 2.03 bits per heavy atom. The van der Waals surface area contributed by atoms with Crippen molar-refractivity contribution in [3.05, 3.63) is 59.0 Å². The van der Waals surface area contributed by atoms with Crippen molar-refractivity contribution in [3.8, 4) is 10.6 Å². The van der Waals surface area contributed by atoms with Gasteiger partial charge < -0.3 is 15.4 Å². The van der Waals surface area contributed by atoms with E-state index in [4.69, 9.17) is 10.5 Å². The minimum absolute atomic E-state index is 0.234. The summed E-state index contributed by atoms with van der Waals surface area (Å²) < 4.78 is 6.38. The molecule has 0 bridgehead atoms. The molecule has 7 nitrogen and oxygen atoms in total. The summed E-state index contributed by atoms with van der Waals surface area (Å²) in [6, 6.07) is 5.85. The van der Waals surface area contributed by atoms with E-state index in [1.807, 2.05) is 12.3 Å². The van der Waals surface area contributed by atoms with Crippen LogP contribution >= 0.6 is 11.3 Å². The molecule has 0 atom stereocenters. The molecule has 0 unspecified atom stereocenters. The fourth-order valence-electron chi connectivity index (χ4n) is 4.16. The van der Waals surface area contributed by atoms with Crippen molar-refractivity contribution >= 4 is 23.1 Å². The van der Waals surface area contributed by atoms with Gasteiger partial charge in [-0.05, 0) is 43.0 Å². The third-order valence-corrected chi connectivity index (χ3v) is 7.10. The number of amides is 1. The predicted octanol–water partition coefficient (Wildman–Crippen LogP) is 2.77. The Morgan fingerprint density at radius 1 is 1.17 bits per heavy atom. The highest BCUT2D eigenvalue weighted by atomic mass is 32.1. The van der Waals surface area contributed by atoms with Crippen LogP contribution in [-0.2, 0) is 16.8 Å². The molecule has 5 rings (SSSR count). The molecule has 8 heteroatoms. The van der Waals surface area contributed by atoms with E-state index in [0.717, 1.165) is 55.3 Å². The van der Waals surface area contributed by atoms with Gasteiger partial charge in [-0.1, -0.05) is 0 Å². The van der Waals surface area contributed by atoms with E-state index in [2.05, 4.69) is 25.9 Å².